The fourth-order valence-electron chi connectivity index (χ4n) is 3.59. The molecule has 0 amide bonds. The Labute approximate surface area is 115 Å². The van der Waals surface area contributed by atoms with E-state index < -0.39 is 6.10 Å². The lowest BCUT2D eigenvalue weighted by Crippen LogP contribution is -2.51. The van der Waals surface area contributed by atoms with E-state index in [4.69, 9.17) is 0 Å². The molecule has 1 unspecified atom stereocenters. The molecule has 0 spiro atoms. The van der Waals surface area contributed by atoms with E-state index in [-0.39, 0.29) is 11.4 Å². The standard InChI is InChI=1S/C16H24FNO/c1-3-18(4-2)16(11-7-8-12-16)15(19)13-9-5-6-10-14(13)17/h5-6,9-10,15,19H,3-4,7-8,11-12H2,1-2H3. The lowest BCUT2D eigenvalue weighted by molar-refractivity contribution is -0.0285. The van der Waals surface area contributed by atoms with E-state index in [2.05, 4.69) is 18.7 Å². The first-order valence-corrected chi connectivity index (χ1v) is 7.33. The first kappa shape index (κ1) is 14.5. The number of rotatable bonds is 5. The Hall–Kier alpha value is -0.930. The molecular formula is C16H24FNO. The number of halogens is 1. The van der Waals surface area contributed by atoms with Crippen molar-refractivity contribution < 1.29 is 9.50 Å². The summed E-state index contributed by atoms with van der Waals surface area (Å²) in [6, 6.07) is 6.61. The highest BCUT2D eigenvalue weighted by atomic mass is 19.1. The smallest absolute Gasteiger partial charge is 0.129 e. The predicted octanol–water partition coefficient (Wildman–Crippen LogP) is 3.51. The van der Waals surface area contributed by atoms with E-state index in [1.54, 1.807) is 18.2 Å². The van der Waals surface area contributed by atoms with Crippen LogP contribution in [-0.4, -0.2) is 28.6 Å². The molecule has 0 saturated heterocycles. The SMILES string of the molecule is CCN(CC)C1(C(O)c2ccccc2F)CCCC1. The number of aliphatic hydroxyl groups excluding tert-OH is 1. The molecule has 106 valence electrons. The second-order valence-electron chi connectivity index (χ2n) is 5.41. The van der Waals surface area contributed by atoms with Crippen molar-refractivity contribution in [3.05, 3.63) is 35.6 Å². The Balaban J connectivity index is 2.37. The molecule has 0 aliphatic heterocycles. The third-order valence-electron chi connectivity index (χ3n) is 4.57. The van der Waals surface area contributed by atoms with Crippen LogP contribution in [0.4, 0.5) is 4.39 Å². The number of nitrogens with zero attached hydrogens (tertiary/aromatic N) is 1. The summed E-state index contributed by atoms with van der Waals surface area (Å²) in [5.41, 5.74) is 0.155. The van der Waals surface area contributed by atoms with Crippen molar-refractivity contribution in [3.8, 4) is 0 Å². The maximum absolute atomic E-state index is 14.0. The molecule has 0 bridgehead atoms. The molecule has 0 heterocycles. The van der Waals surface area contributed by atoms with Gasteiger partial charge in [-0.05, 0) is 32.0 Å². The Morgan fingerprint density at radius 3 is 2.32 bits per heavy atom. The van der Waals surface area contributed by atoms with Crippen molar-refractivity contribution in [2.24, 2.45) is 0 Å². The van der Waals surface area contributed by atoms with Gasteiger partial charge in [0, 0.05) is 5.56 Å². The van der Waals surface area contributed by atoms with Crippen LogP contribution >= 0.6 is 0 Å². The summed E-state index contributed by atoms with van der Waals surface area (Å²) in [7, 11) is 0. The number of hydrogen-bond acceptors (Lipinski definition) is 2. The van der Waals surface area contributed by atoms with Gasteiger partial charge in [0.2, 0.25) is 0 Å². The highest BCUT2D eigenvalue weighted by Gasteiger charge is 2.45. The molecule has 1 N–H and O–H groups in total. The monoisotopic (exact) mass is 265 g/mol. The minimum atomic E-state index is -0.740. The van der Waals surface area contributed by atoms with Crippen molar-refractivity contribution >= 4 is 0 Å². The van der Waals surface area contributed by atoms with Crippen LogP contribution in [0.5, 0.6) is 0 Å². The first-order valence-electron chi connectivity index (χ1n) is 7.33. The molecule has 0 aromatic heterocycles. The van der Waals surface area contributed by atoms with Crippen molar-refractivity contribution in [1.29, 1.82) is 0 Å². The Kier molecular flexibility index (Phi) is 4.58. The van der Waals surface area contributed by atoms with Gasteiger partial charge in [-0.25, -0.2) is 4.39 Å². The van der Waals surface area contributed by atoms with Gasteiger partial charge in [0.15, 0.2) is 0 Å². The molecule has 1 fully saturated rings. The summed E-state index contributed by atoms with van der Waals surface area (Å²) in [6.45, 7) is 6.00. The third kappa shape index (κ3) is 2.54. The molecule has 2 nitrogen and oxygen atoms in total. The van der Waals surface area contributed by atoms with Crippen molar-refractivity contribution in [2.75, 3.05) is 13.1 Å². The molecule has 19 heavy (non-hydrogen) atoms. The number of likely N-dealkylation sites (N-methyl/N-ethyl adjacent to an activating group) is 1. The minimum absolute atomic E-state index is 0.286. The molecule has 1 saturated carbocycles. The molecular weight excluding hydrogens is 241 g/mol. The van der Waals surface area contributed by atoms with Gasteiger partial charge in [-0.3, -0.25) is 4.90 Å². The van der Waals surface area contributed by atoms with Gasteiger partial charge in [0.25, 0.3) is 0 Å². The highest BCUT2D eigenvalue weighted by Crippen LogP contribution is 2.44. The van der Waals surface area contributed by atoms with E-state index in [0.717, 1.165) is 38.8 Å². The Morgan fingerprint density at radius 2 is 1.79 bits per heavy atom. The van der Waals surface area contributed by atoms with Gasteiger partial charge < -0.3 is 5.11 Å². The van der Waals surface area contributed by atoms with E-state index in [1.807, 2.05) is 0 Å². The fraction of sp³-hybridized carbons (Fsp3) is 0.625. The lowest BCUT2D eigenvalue weighted by atomic mass is 9.83. The normalized spacial score (nSPS) is 19.8. The van der Waals surface area contributed by atoms with Crippen molar-refractivity contribution in [3.63, 3.8) is 0 Å². The summed E-state index contributed by atoms with van der Waals surface area (Å²) in [5.74, 6) is -0.298. The fourth-order valence-corrected chi connectivity index (χ4v) is 3.59. The molecule has 1 aromatic rings. The van der Waals surface area contributed by atoms with E-state index in [9.17, 15) is 9.50 Å². The average molecular weight is 265 g/mol. The number of benzene rings is 1. The summed E-state index contributed by atoms with van der Waals surface area (Å²) in [4.78, 5) is 2.30. The maximum atomic E-state index is 14.0. The van der Waals surface area contributed by atoms with Crippen LogP contribution in [0, 0.1) is 5.82 Å². The zero-order valence-electron chi connectivity index (χ0n) is 11.9. The van der Waals surface area contributed by atoms with Crippen LogP contribution in [0.3, 0.4) is 0 Å². The first-order chi connectivity index (χ1) is 9.15. The Bertz CT molecular complexity index is 411. The van der Waals surface area contributed by atoms with E-state index in [1.165, 1.54) is 6.07 Å². The van der Waals surface area contributed by atoms with Crippen LogP contribution < -0.4 is 0 Å². The van der Waals surface area contributed by atoms with Crippen LogP contribution in [0.2, 0.25) is 0 Å². The largest absolute Gasteiger partial charge is 0.386 e. The summed E-state index contributed by atoms with van der Waals surface area (Å²) >= 11 is 0. The van der Waals surface area contributed by atoms with Gasteiger partial charge in [0.1, 0.15) is 11.9 Å². The molecule has 1 aliphatic rings. The highest BCUT2D eigenvalue weighted by molar-refractivity contribution is 5.24. The topological polar surface area (TPSA) is 23.5 Å². The molecule has 1 atom stereocenters. The molecule has 1 aromatic carbocycles. The van der Waals surface area contributed by atoms with Gasteiger partial charge in [-0.15, -0.1) is 0 Å². The van der Waals surface area contributed by atoms with E-state index in [0.29, 0.717) is 5.56 Å². The number of hydrogen-bond donors (Lipinski definition) is 1. The van der Waals surface area contributed by atoms with Crippen LogP contribution in [-0.2, 0) is 0 Å². The third-order valence-corrected chi connectivity index (χ3v) is 4.57. The van der Waals surface area contributed by atoms with Gasteiger partial charge in [-0.2, -0.15) is 0 Å². The predicted molar refractivity (Wildman–Crippen MR) is 75.5 cm³/mol. The van der Waals surface area contributed by atoms with Crippen LogP contribution in [0.25, 0.3) is 0 Å². The summed E-state index contributed by atoms with van der Waals surface area (Å²) in [5, 5.41) is 10.8. The summed E-state index contributed by atoms with van der Waals surface area (Å²) < 4.78 is 14.0. The Morgan fingerprint density at radius 1 is 1.21 bits per heavy atom. The molecule has 2 rings (SSSR count). The van der Waals surface area contributed by atoms with Crippen LogP contribution in [0.1, 0.15) is 51.2 Å². The van der Waals surface area contributed by atoms with Crippen molar-refractivity contribution in [1.82, 2.24) is 4.90 Å². The molecule has 1 aliphatic carbocycles. The minimum Gasteiger partial charge on any atom is -0.386 e. The lowest BCUT2D eigenvalue weighted by Gasteiger charge is -2.44. The summed E-state index contributed by atoms with van der Waals surface area (Å²) in [6.07, 6.45) is 3.38. The van der Waals surface area contributed by atoms with E-state index >= 15 is 0 Å². The average Bonchev–Trinajstić information content (AvgIpc) is 2.90. The molecule has 0 radical (unpaired) electrons. The van der Waals surface area contributed by atoms with Gasteiger partial charge in [0.05, 0.1) is 5.54 Å². The van der Waals surface area contributed by atoms with Crippen molar-refractivity contribution in [2.45, 2.75) is 51.2 Å². The zero-order valence-corrected chi connectivity index (χ0v) is 11.9. The second-order valence-corrected chi connectivity index (χ2v) is 5.41. The quantitative estimate of drug-likeness (QED) is 0.880. The second kappa shape index (κ2) is 6.02. The van der Waals surface area contributed by atoms with Gasteiger partial charge in [-0.1, -0.05) is 44.9 Å². The maximum Gasteiger partial charge on any atom is 0.129 e. The zero-order chi connectivity index (χ0) is 13.9. The van der Waals surface area contributed by atoms with Crippen LogP contribution in [0.15, 0.2) is 24.3 Å². The molecule has 3 heteroatoms. The van der Waals surface area contributed by atoms with Gasteiger partial charge >= 0.3 is 0 Å². The number of aliphatic hydroxyl groups is 1.